The van der Waals surface area contributed by atoms with Crippen LogP contribution in [-0.2, 0) is 6.54 Å². The normalized spacial score (nSPS) is 12.3. The monoisotopic (exact) mass is 277 g/mol. The van der Waals surface area contributed by atoms with Gasteiger partial charge in [-0.25, -0.2) is 0 Å². The van der Waals surface area contributed by atoms with E-state index in [0.29, 0.717) is 6.54 Å². The highest BCUT2D eigenvalue weighted by atomic mass is 15.3. The zero-order valence-electron chi connectivity index (χ0n) is 12.1. The summed E-state index contributed by atoms with van der Waals surface area (Å²) in [6.45, 7) is 2.75. The van der Waals surface area contributed by atoms with Crippen molar-refractivity contribution in [1.29, 1.82) is 0 Å². The minimum atomic E-state index is -0.0471. The predicted molar refractivity (Wildman–Crippen MR) is 85.8 cm³/mol. The van der Waals surface area contributed by atoms with E-state index in [9.17, 15) is 0 Å². The number of hydrogen-bond acceptors (Lipinski definition) is 2. The molecule has 3 heteroatoms. The molecule has 0 saturated heterocycles. The summed E-state index contributed by atoms with van der Waals surface area (Å²) in [7, 11) is 0. The van der Waals surface area contributed by atoms with Crippen LogP contribution < -0.4 is 5.73 Å². The van der Waals surface area contributed by atoms with Crippen LogP contribution in [0.25, 0.3) is 11.1 Å². The van der Waals surface area contributed by atoms with Crippen molar-refractivity contribution in [3.8, 4) is 11.1 Å². The molecule has 3 nitrogen and oxygen atoms in total. The summed E-state index contributed by atoms with van der Waals surface area (Å²) in [6, 6.07) is 18.6. The van der Waals surface area contributed by atoms with E-state index < -0.39 is 0 Å². The highest BCUT2D eigenvalue weighted by Crippen LogP contribution is 2.19. The fraction of sp³-hybridized carbons (Fsp3) is 0.167. The second-order valence-electron chi connectivity index (χ2n) is 5.33. The molecule has 2 N–H and O–H groups in total. The van der Waals surface area contributed by atoms with Crippen LogP contribution in [0.3, 0.4) is 0 Å². The largest absolute Gasteiger partial charge is 0.322 e. The van der Waals surface area contributed by atoms with Gasteiger partial charge in [0.1, 0.15) is 0 Å². The molecule has 1 heterocycles. The number of nitrogens with zero attached hydrogens (tertiary/aromatic N) is 2. The summed E-state index contributed by atoms with van der Waals surface area (Å²) in [5, 5.41) is 4.41. The molecule has 1 unspecified atom stereocenters. The molecule has 21 heavy (non-hydrogen) atoms. The molecule has 3 aromatic rings. The maximum Gasteiger partial charge on any atom is 0.0602 e. The van der Waals surface area contributed by atoms with Crippen LogP contribution in [-0.4, -0.2) is 9.78 Å². The highest BCUT2D eigenvalue weighted by molar-refractivity contribution is 5.61. The topological polar surface area (TPSA) is 43.8 Å². The van der Waals surface area contributed by atoms with Gasteiger partial charge in [-0.05, 0) is 18.1 Å². The number of aromatic nitrogens is 2. The van der Waals surface area contributed by atoms with E-state index in [-0.39, 0.29) is 6.04 Å². The first-order chi connectivity index (χ1) is 10.2. The van der Waals surface area contributed by atoms with E-state index in [4.69, 9.17) is 5.73 Å². The molecule has 1 atom stereocenters. The lowest BCUT2D eigenvalue weighted by Gasteiger charge is -2.12. The summed E-state index contributed by atoms with van der Waals surface area (Å²) >= 11 is 0. The quantitative estimate of drug-likeness (QED) is 0.792. The van der Waals surface area contributed by atoms with Crippen molar-refractivity contribution >= 4 is 0 Å². The molecule has 3 rings (SSSR count). The Morgan fingerprint density at radius 2 is 1.71 bits per heavy atom. The molecule has 0 bridgehead atoms. The van der Waals surface area contributed by atoms with Crippen LogP contribution in [0.5, 0.6) is 0 Å². The van der Waals surface area contributed by atoms with Gasteiger partial charge in [0.25, 0.3) is 0 Å². The lowest BCUT2D eigenvalue weighted by atomic mass is 10.1. The van der Waals surface area contributed by atoms with E-state index >= 15 is 0 Å². The average molecular weight is 277 g/mol. The first-order valence-electron chi connectivity index (χ1n) is 7.12. The fourth-order valence-electron chi connectivity index (χ4n) is 2.36. The Morgan fingerprint density at radius 3 is 2.43 bits per heavy atom. The van der Waals surface area contributed by atoms with E-state index in [1.807, 2.05) is 35.3 Å². The molecule has 1 aromatic heterocycles. The third kappa shape index (κ3) is 3.20. The molecule has 0 amide bonds. The van der Waals surface area contributed by atoms with Crippen molar-refractivity contribution in [2.24, 2.45) is 5.73 Å². The van der Waals surface area contributed by atoms with Crippen molar-refractivity contribution in [3.05, 3.63) is 78.1 Å². The lowest BCUT2D eigenvalue weighted by molar-refractivity contribution is 0.528. The Morgan fingerprint density at radius 1 is 1.00 bits per heavy atom. The van der Waals surface area contributed by atoms with Crippen molar-refractivity contribution in [2.75, 3.05) is 0 Å². The van der Waals surface area contributed by atoms with E-state index in [1.54, 1.807) is 0 Å². The SMILES string of the molecule is Cc1ccc(C(N)Cn2cc(-c3ccccc3)cn2)cc1. The molecule has 0 aliphatic heterocycles. The minimum absolute atomic E-state index is 0.0471. The zero-order chi connectivity index (χ0) is 14.7. The van der Waals surface area contributed by atoms with Gasteiger partial charge in [-0.2, -0.15) is 5.10 Å². The Balaban J connectivity index is 1.74. The third-order valence-electron chi connectivity index (χ3n) is 3.63. The van der Waals surface area contributed by atoms with Crippen LogP contribution in [0.1, 0.15) is 17.2 Å². The van der Waals surface area contributed by atoms with Gasteiger partial charge in [0.15, 0.2) is 0 Å². The fourth-order valence-corrected chi connectivity index (χ4v) is 2.36. The number of benzene rings is 2. The molecule has 106 valence electrons. The first kappa shape index (κ1) is 13.6. The maximum absolute atomic E-state index is 6.26. The van der Waals surface area contributed by atoms with Gasteiger partial charge in [-0.3, -0.25) is 4.68 Å². The molecule has 0 radical (unpaired) electrons. The van der Waals surface area contributed by atoms with Crippen molar-refractivity contribution in [1.82, 2.24) is 9.78 Å². The molecular weight excluding hydrogens is 258 g/mol. The summed E-state index contributed by atoms with van der Waals surface area (Å²) in [4.78, 5) is 0. The summed E-state index contributed by atoms with van der Waals surface area (Å²) in [5.74, 6) is 0. The summed E-state index contributed by atoms with van der Waals surface area (Å²) in [5.41, 5.74) is 10.9. The van der Waals surface area contributed by atoms with Crippen molar-refractivity contribution in [3.63, 3.8) is 0 Å². The summed E-state index contributed by atoms with van der Waals surface area (Å²) in [6.07, 6.45) is 3.93. The Labute approximate surface area is 125 Å². The number of hydrogen-bond donors (Lipinski definition) is 1. The van der Waals surface area contributed by atoms with Gasteiger partial charge >= 0.3 is 0 Å². The van der Waals surface area contributed by atoms with Gasteiger partial charge in [0.2, 0.25) is 0 Å². The standard InChI is InChI=1S/C18H19N3/c1-14-7-9-16(10-8-14)18(19)13-21-12-17(11-20-21)15-5-3-2-4-6-15/h2-12,18H,13,19H2,1H3. The molecule has 2 aromatic carbocycles. The maximum atomic E-state index is 6.26. The Kier molecular flexibility index (Phi) is 3.84. The number of aryl methyl sites for hydroxylation is 1. The first-order valence-corrected chi connectivity index (χ1v) is 7.12. The van der Waals surface area contributed by atoms with Gasteiger partial charge in [-0.15, -0.1) is 0 Å². The van der Waals surface area contributed by atoms with Gasteiger partial charge < -0.3 is 5.73 Å². The van der Waals surface area contributed by atoms with Gasteiger partial charge in [0, 0.05) is 17.8 Å². The van der Waals surface area contributed by atoms with Gasteiger partial charge in [0.05, 0.1) is 12.7 Å². The lowest BCUT2D eigenvalue weighted by Crippen LogP contribution is -2.17. The van der Waals surface area contributed by atoms with E-state index in [0.717, 1.165) is 11.1 Å². The average Bonchev–Trinajstić information content (AvgIpc) is 2.97. The van der Waals surface area contributed by atoms with Crippen LogP contribution in [0, 0.1) is 6.92 Å². The molecule has 0 spiro atoms. The van der Waals surface area contributed by atoms with E-state index in [1.165, 1.54) is 11.1 Å². The molecule has 0 aliphatic rings. The molecule has 0 aliphatic carbocycles. The van der Waals surface area contributed by atoms with Crippen LogP contribution in [0.4, 0.5) is 0 Å². The Bertz CT molecular complexity index is 699. The number of rotatable bonds is 4. The molecule has 0 fully saturated rings. The van der Waals surface area contributed by atoms with Crippen molar-refractivity contribution in [2.45, 2.75) is 19.5 Å². The van der Waals surface area contributed by atoms with Crippen LogP contribution in [0.2, 0.25) is 0 Å². The molecule has 0 saturated carbocycles. The van der Waals surface area contributed by atoms with Gasteiger partial charge in [-0.1, -0.05) is 60.2 Å². The van der Waals surface area contributed by atoms with Crippen LogP contribution in [0.15, 0.2) is 67.0 Å². The summed E-state index contributed by atoms with van der Waals surface area (Å²) < 4.78 is 1.91. The smallest absolute Gasteiger partial charge is 0.0602 e. The van der Waals surface area contributed by atoms with Crippen LogP contribution >= 0.6 is 0 Å². The second-order valence-corrected chi connectivity index (χ2v) is 5.33. The minimum Gasteiger partial charge on any atom is -0.322 e. The number of nitrogens with two attached hydrogens (primary N) is 1. The second kappa shape index (κ2) is 5.94. The third-order valence-corrected chi connectivity index (χ3v) is 3.63. The van der Waals surface area contributed by atoms with Crippen molar-refractivity contribution < 1.29 is 0 Å². The zero-order valence-corrected chi connectivity index (χ0v) is 12.1. The Hall–Kier alpha value is -2.39. The van der Waals surface area contributed by atoms with E-state index in [2.05, 4.69) is 48.4 Å². The highest BCUT2D eigenvalue weighted by Gasteiger charge is 2.08. The predicted octanol–water partition coefficient (Wildman–Crippen LogP) is 3.56. The molecular formula is C18H19N3.